The van der Waals surface area contributed by atoms with Gasteiger partial charge in [0.25, 0.3) is 0 Å². The van der Waals surface area contributed by atoms with Crippen molar-refractivity contribution >= 4 is 17.4 Å². The molecule has 2 aromatic rings. The van der Waals surface area contributed by atoms with Crippen LogP contribution in [-0.4, -0.2) is 10.7 Å². The van der Waals surface area contributed by atoms with Gasteiger partial charge in [-0.25, -0.2) is 0 Å². The Bertz CT molecular complexity index is 468. The average molecular weight is 272 g/mol. The van der Waals surface area contributed by atoms with Gasteiger partial charge in [-0.2, -0.15) is 11.8 Å². The molecular weight excluding hydrogens is 252 g/mol. The van der Waals surface area contributed by atoms with Gasteiger partial charge in [0.05, 0.1) is 0 Å². The maximum absolute atomic E-state index is 4.11. The van der Waals surface area contributed by atoms with Crippen molar-refractivity contribution in [1.82, 2.24) is 4.98 Å². The maximum atomic E-state index is 4.11. The molecule has 0 aliphatic carbocycles. The SMILES string of the molecule is CCCSCc1ccc(NCc2cccnc2)cc1. The molecule has 0 bridgehead atoms. The van der Waals surface area contributed by atoms with Crippen LogP contribution >= 0.6 is 11.8 Å². The van der Waals surface area contributed by atoms with Crippen molar-refractivity contribution in [3.8, 4) is 0 Å². The van der Waals surface area contributed by atoms with Crippen LogP contribution in [0.15, 0.2) is 48.8 Å². The van der Waals surface area contributed by atoms with Crippen LogP contribution in [0.25, 0.3) is 0 Å². The Hall–Kier alpha value is -1.48. The summed E-state index contributed by atoms with van der Waals surface area (Å²) in [6.45, 7) is 3.04. The number of rotatable bonds is 7. The number of thioether (sulfide) groups is 1. The van der Waals surface area contributed by atoms with Crippen molar-refractivity contribution < 1.29 is 0 Å². The first-order valence-corrected chi connectivity index (χ1v) is 7.83. The molecule has 3 heteroatoms. The third-order valence-electron chi connectivity index (χ3n) is 2.79. The third-order valence-corrected chi connectivity index (χ3v) is 4.02. The molecule has 0 amide bonds. The van der Waals surface area contributed by atoms with E-state index in [4.69, 9.17) is 0 Å². The number of hydrogen-bond acceptors (Lipinski definition) is 3. The molecule has 0 radical (unpaired) electrons. The fourth-order valence-electron chi connectivity index (χ4n) is 1.76. The smallest absolute Gasteiger partial charge is 0.0416 e. The summed E-state index contributed by atoms with van der Waals surface area (Å²) in [4.78, 5) is 4.11. The summed E-state index contributed by atoms with van der Waals surface area (Å²) >= 11 is 1.99. The molecule has 0 fully saturated rings. The van der Waals surface area contributed by atoms with Crippen molar-refractivity contribution in [3.05, 3.63) is 59.9 Å². The number of anilines is 1. The molecule has 2 rings (SSSR count). The van der Waals surface area contributed by atoms with Crippen molar-refractivity contribution in [2.24, 2.45) is 0 Å². The van der Waals surface area contributed by atoms with Gasteiger partial charge in [0.2, 0.25) is 0 Å². The van der Waals surface area contributed by atoms with E-state index in [-0.39, 0.29) is 0 Å². The largest absolute Gasteiger partial charge is 0.381 e. The first kappa shape index (κ1) is 13.9. The maximum Gasteiger partial charge on any atom is 0.0416 e. The van der Waals surface area contributed by atoms with Gasteiger partial charge in [0.15, 0.2) is 0 Å². The summed E-state index contributed by atoms with van der Waals surface area (Å²) in [5, 5.41) is 3.41. The second-order valence-electron chi connectivity index (χ2n) is 4.46. The van der Waals surface area contributed by atoms with Gasteiger partial charge < -0.3 is 5.32 Å². The molecule has 0 aliphatic rings. The van der Waals surface area contributed by atoms with Crippen LogP contribution in [0.3, 0.4) is 0 Å². The van der Waals surface area contributed by atoms with Crippen LogP contribution < -0.4 is 5.32 Å². The lowest BCUT2D eigenvalue weighted by Crippen LogP contribution is -1.99. The van der Waals surface area contributed by atoms with Crippen molar-refractivity contribution in [2.45, 2.75) is 25.6 Å². The van der Waals surface area contributed by atoms with E-state index in [0.717, 1.165) is 18.0 Å². The molecule has 0 saturated heterocycles. The molecule has 0 saturated carbocycles. The molecule has 1 N–H and O–H groups in total. The van der Waals surface area contributed by atoms with Gasteiger partial charge in [-0.1, -0.05) is 25.1 Å². The lowest BCUT2D eigenvalue weighted by Gasteiger charge is -2.07. The second-order valence-corrected chi connectivity index (χ2v) is 5.57. The van der Waals surface area contributed by atoms with E-state index in [9.17, 15) is 0 Å². The van der Waals surface area contributed by atoms with Crippen molar-refractivity contribution in [3.63, 3.8) is 0 Å². The fraction of sp³-hybridized carbons (Fsp3) is 0.312. The van der Waals surface area contributed by atoms with Crippen LogP contribution in [0, 0.1) is 0 Å². The highest BCUT2D eigenvalue weighted by molar-refractivity contribution is 7.98. The van der Waals surface area contributed by atoms with E-state index in [1.54, 1.807) is 6.20 Å². The monoisotopic (exact) mass is 272 g/mol. The van der Waals surface area contributed by atoms with Crippen LogP contribution in [0.1, 0.15) is 24.5 Å². The third kappa shape index (κ3) is 4.95. The van der Waals surface area contributed by atoms with E-state index >= 15 is 0 Å². The van der Waals surface area contributed by atoms with Gasteiger partial charge in [0, 0.05) is 30.4 Å². The van der Waals surface area contributed by atoms with Gasteiger partial charge in [0.1, 0.15) is 0 Å². The zero-order chi connectivity index (χ0) is 13.3. The summed E-state index contributed by atoms with van der Waals surface area (Å²) < 4.78 is 0. The molecule has 0 atom stereocenters. The molecule has 1 aromatic heterocycles. The quantitative estimate of drug-likeness (QED) is 0.759. The molecule has 100 valence electrons. The van der Waals surface area contributed by atoms with E-state index in [0.29, 0.717) is 0 Å². The summed E-state index contributed by atoms with van der Waals surface area (Å²) in [6.07, 6.45) is 4.93. The molecular formula is C16H20N2S. The van der Waals surface area contributed by atoms with Crippen molar-refractivity contribution in [1.29, 1.82) is 0 Å². The topological polar surface area (TPSA) is 24.9 Å². The molecule has 1 heterocycles. The standard InChI is InChI=1S/C16H20N2S/c1-2-10-19-13-14-5-7-16(8-6-14)18-12-15-4-3-9-17-11-15/h3-9,11,18H,2,10,12-13H2,1H3. The molecule has 0 spiro atoms. The van der Waals surface area contributed by atoms with Gasteiger partial charge >= 0.3 is 0 Å². The van der Waals surface area contributed by atoms with Gasteiger partial charge in [-0.15, -0.1) is 0 Å². The highest BCUT2D eigenvalue weighted by atomic mass is 32.2. The van der Waals surface area contributed by atoms with E-state index < -0.39 is 0 Å². The Morgan fingerprint density at radius 2 is 1.95 bits per heavy atom. The second kappa shape index (κ2) is 7.85. The Morgan fingerprint density at radius 3 is 2.63 bits per heavy atom. The van der Waals surface area contributed by atoms with Gasteiger partial charge in [-0.3, -0.25) is 4.98 Å². The lowest BCUT2D eigenvalue weighted by atomic mass is 10.2. The van der Waals surface area contributed by atoms with Gasteiger partial charge in [-0.05, 0) is 41.5 Å². The molecule has 0 aliphatic heterocycles. The summed E-state index contributed by atoms with van der Waals surface area (Å²) in [7, 11) is 0. The number of benzene rings is 1. The zero-order valence-corrected chi connectivity index (χ0v) is 12.1. The number of hydrogen-bond donors (Lipinski definition) is 1. The molecule has 2 nitrogen and oxygen atoms in total. The highest BCUT2D eigenvalue weighted by Crippen LogP contribution is 2.16. The summed E-state index contributed by atoms with van der Waals surface area (Å²) in [6, 6.07) is 12.7. The minimum absolute atomic E-state index is 0.817. The van der Waals surface area contributed by atoms with Crippen LogP contribution in [0.5, 0.6) is 0 Å². The fourth-order valence-corrected chi connectivity index (χ4v) is 2.62. The predicted octanol–water partition coefficient (Wildman–Crippen LogP) is 4.34. The normalized spacial score (nSPS) is 10.4. The zero-order valence-electron chi connectivity index (χ0n) is 11.3. The van der Waals surface area contributed by atoms with E-state index in [1.807, 2.05) is 24.0 Å². The number of pyridine rings is 1. The molecule has 1 aromatic carbocycles. The Balaban J connectivity index is 1.81. The minimum atomic E-state index is 0.817. The Morgan fingerprint density at radius 1 is 1.11 bits per heavy atom. The highest BCUT2D eigenvalue weighted by Gasteiger charge is 1.96. The predicted molar refractivity (Wildman–Crippen MR) is 84.5 cm³/mol. The van der Waals surface area contributed by atoms with Crippen LogP contribution in [0.2, 0.25) is 0 Å². The van der Waals surface area contributed by atoms with Crippen LogP contribution in [0.4, 0.5) is 5.69 Å². The van der Waals surface area contributed by atoms with E-state index in [2.05, 4.69) is 47.6 Å². The minimum Gasteiger partial charge on any atom is -0.381 e. The molecule has 0 unspecified atom stereocenters. The van der Waals surface area contributed by atoms with E-state index in [1.165, 1.54) is 23.3 Å². The first-order chi connectivity index (χ1) is 9.38. The Labute approximate surface area is 119 Å². The van der Waals surface area contributed by atoms with Crippen molar-refractivity contribution in [2.75, 3.05) is 11.1 Å². The number of nitrogens with one attached hydrogen (secondary N) is 1. The number of nitrogens with zero attached hydrogens (tertiary/aromatic N) is 1. The van der Waals surface area contributed by atoms with Crippen LogP contribution in [-0.2, 0) is 12.3 Å². The summed E-state index contributed by atoms with van der Waals surface area (Å²) in [5.74, 6) is 2.34. The molecule has 19 heavy (non-hydrogen) atoms. The lowest BCUT2D eigenvalue weighted by molar-refractivity contribution is 1.10. The number of aromatic nitrogens is 1. The Kier molecular flexibility index (Phi) is 5.76. The summed E-state index contributed by atoms with van der Waals surface area (Å²) in [5.41, 5.74) is 3.75. The average Bonchev–Trinajstić information content (AvgIpc) is 2.48. The first-order valence-electron chi connectivity index (χ1n) is 6.68.